The van der Waals surface area contributed by atoms with Crippen LogP contribution in [-0.2, 0) is 0 Å². The molecule has 21 heavy (non-hydrogen) atoms. The fraction of sp³-hybridized carbons (Fsp3) is 0.133. The van der Waals surface area contributed by atoms with E-state index in [0.717, 1.165) is 15.7 Å². The molecule has 110 valence electrons. The highest BCUT2D eigenvalue weighted by Crippen LogP contribution is 2.30. The maximum Gasteiger partial charge on any atom is 0.143 e. The van der Waals surface area contributed by atoms with Crippen LogP contribution in [-0.4, -0.2) is 23.6 Å². The summed E-state index contributed by atoms with van der Waals surface area (Å²) in [4.78, 5) is 5.41. The largest absolute Gasteiger partial charge is 0.506 e. The highest BCUT2D eigenvalue weighted by atomic mass is 35.5. The molecule has 2 aromatic carbocycles. The minimum absolute atomic E-state index is 0.00447. The lowest BCUT2D eigenvalue weighted by Crippen LogP contribution is -1.89. The lowest BCUT2D eigenvalue weighted by molar-refractivity contribution is 0.475. The van der Waals surface area contributed by atoms with E-state index in [4.69, 9.17) is 34.8 Å². The van der Waals surface area contributed by atoms with Gasteiger partial charge in [-0.3, -0.25) is 4.99 Å². The highest BCUT2D eigenvalue weighted by Gasteiger charge is 2.05. The Balaban J connectivity index is 1.87. The van der Waals surface area contributed by atoms with E-state index in [2.05, 4.69) is 4.99 Å². The topological polar surface area (TPSA) is 32.6 Å². The van der Waals surface area contributed by atoms with Crippen LogP contribution in [0.2, 0.25) is 15.1 Å². The molecule has 1 N–H and O–H groups in total. The molecule has 2 nitrogen and oxygen atoms in total. The molecule has 0 bridgehead atoms. The summed E-state index contributed by atoms with van der Waals surface area (Å²) in [6.45, 7) is 0.622. The molecule has 0 spiro atoms. The zero-order valence-electron chi connectivity index (χ0n) is 10.9. The first-order chi connectivity index (χ1) is 10.1. The molecule has 2 rings (SSSR count). The van der Waals surface area contributed by atoms with Gasteiger partial charge in [0.1, 0.15) is 5.75 Å². The molecule has 0 aliphatic heterocycles. The van der Waals surface area contributed by atoms with Crippen molar-refractivity contribution in [2.24, 2.45) is 4.99 Å². The van der Waals surface area contributed by atoms with E-state index in [1.54, 1.807) is 24.0 Å². The molecule has 0 atom stereocenters. The van der Waals surface area contributed by atoms with Gasteiger partial charge in [-0.05, 0) is 36.4 Å². The third-order valence-corrected chi connectivity index (χ3v) is 4.34. The van der Waals surface area contributed by atoms with E-state index in [0.29, 0.717) is 17.1 Å². The van der Waals surface area contributed by atoms with Gasteiger partial charge in [0, 0.05) is 39.0 Å². The normalized spacial score (nSPS) is 11.2. The second-order valence-corrected chi connectivity index (χ2v) is 6.61. The Morgan fingerprint density at radius 2 is 1.76 bits per heavy atom. The molecule has 0 amide bonds. The van der Waals surface area contributed by atoms with Gasteiger partial charge in [-0.1, -0.05) is 34.8 Å². The zero-order chi connectivity index (χ0) is 15.2. The van der Waals surface area contributed by atoms with Crippen LogP contribution in [0.3, 0.4) is 0 Å². The summed E-state index contributed by atoms with van der Waals surface area (Å²) < 4.78 is 0. The van der Waals surface area contributed by atoms with Crippen LogP contribution in [0, 0.1) is 0 Å². The first-order valence-corrected chi connectivity index (χ1v) is 8.24. The number of halogens is 3. The summed E-state index contributed by atoms with van der Waals surface area (Å²) in [6, 6.07) is 10.8. The van der Waals surface area contributed by atoms with Crippen molar-refractivity contribution in [1.82, 2.24) is 0 Å². The molecular formula is C15H12Cl3NOS. The van der Waals surface area contributed by atoms with E-state index < -0.39 is 0 Å². The summed E-state index contributed by atoms with van der Waals surface area (Å²) in [5.74, 6) is 0.822. The number of hydrogen-bond acceptors (Lipinski definition) is 3. The summed E-state index contributed by atoms with van der Waals surface area (Å²) in [6.07, 6.45) is 1.58. The van der Waals surface area contributed by atoms with Crippen LogP contribution in [0.1, 0.15) is 5.56 Å². The number of phenolic OH excluding ortho intramolecular Hbond substituents is 1. The number of aliphatic imine (C=N–C) groups is 1. The molecule has 0 unspecified atom stereocenters. The third-order valence-electron chi connectivity index (χ3n) is 2.59. The van der Waals surface area contributed by atoms with Crippen LogP contribution in [0.25, 0.3) is 0 Å². The molecular weight excluding hydrogens is 349 g/mol. The van der Waals surface area contributed by atoms with Gasteiger partial charge < -0.3 is 5.11 Å². The zero-order valence-corrected chi connectivity index (χ0v) is 14.0. The number of thioether (sulfide) groups is 1. The lowest BCUT2D eigenvalue weighted by atomic mass is 10.2. The number of phenols is 1. The van der Waals surface area contributed by atoms with Gasteiger partial charge in [0.05, 0.1) is 5.02 Å². The Bertz CT molecular complexity index is 644. The fourth-order valence-corrected chi connectivity index (χ4v) is 2.99. The molecule has 0 fully saturated rings. The molecule has 0 saturated carbocycles. The Hall–Kier alpha value is -0.870. The van der Waals surface area contributed by atoms with Crippen molar-refractivity contribution >= 4 is 52.8 Å². The van der Waals surface area contributed by atoms with Gasteiger partial charge in [0.15, 0.2) is 0 Å². The van der Waals surface area contributed by atoms with E-state index in [9.17, 15) is 5.11 Å². The summed E-state index contributed by atoms with van der Waals surface area (Å²) in [7, 11) is 0. The number of rotatable bonds is 5. The van der Waals surface area contributed by atoms with Gasteiger partial charge in [-0.2, -0.15) is 0 Å². The first kappa shape index (κ1) is 16.5. The average molecular weight is 361 g/mol. The monoisotopic (exact) mass is 359 g/mol. The smallest absolute Gasteiger partial charge is 0.143 e. The minimum Gasteiger partial charge on any atom is -0.506 e. The van der Waals surface area contributed by atoms with Gasteiger partial charge in [-0.15, -0.1) is 11.8 Å². The average Bonchev–Trinajstić information content (AvgIpc) is 2.45. The number of hydrogen-bond donors (Lipinski definition) is 1. The number of nitrogens with zero attached hydrogens (tertiary/aromatic N) is 1. The summed E-state index contributed by atoms with van der Waals surface area (Å²) >= 11 is 19.2. The summed E-state index contributed by atoms with van der Waals surface area (Å²) in [5, 5.41) is 11.2. The van der Waals surface area contributed by atoms with Gasteiger partial charge in [0.25, 0.3) is 0 Å². The first-order valence-electron chi connectivity index (χ1n) is 6.12. The van der Waals surface area contributed by atoms with Gasteiger partial charge >= 0.3 is 0 Å². The summed E-state index contributed by atoms with van der Waals surface area (Å²) in [5.41, 5.74) is 0.518. The van der Waals surface area contributed by atoms with Crippen LogP contribution >= 0.6 is 46.6 Å². The maximum atomic E-state index is 9.78. The van der Waals surface area contributed by atoms with E-state index in [-0.39, 0.29) is 10.8 Å². The van der Waals surface area contributed by atoms with E-state index >= 15 is 0 Å². The Kier molecular flexibility index (Phi) is 6.24. The molecule has 0 saturated heterocycles. The third kappa shape index (κ3) is 5.11. The standard InChI is InChI=1S/C15H12Cl3NOS/c16-11-1-3-13(4-2-11)21-6-5-19-9-10-7-12(17)8-14(18)15(10)20/h1-4,7-9,20H,5-6H2. The Labute approximate surface area is 142 Å². The maximum absolute atomic E-state index is 9.78. The Morgan fingerprint density at radius 1 is 1.05 bits per heavy atom. The van der Waals surface area contributed by atoms with Gasteiger partial charge in [0.2, 0.25) is 0 Å². The van der Waals surface area contributed by atoms with Crippen LogP contribution in [0.5, 0.6) is 5.75 Å². The van der Waals surface area contributed by atoms with Crippen molar-refractivity contribution in [2.75, 3.05) is 12.3 Å². The van der Waals surface area contributed by atoms with Crippen LogP contribution in [0.4, 0.5) is 0 Å². The SMILES string of the molecule is Oc1c(Cl)cc(Cl)cc1C=NCCSc1ccc(Cl)cc1. The van der Waals surface area contributed by atoms with E-state index in [1.165, 1.54) is 6.07 Å². The van der Waals surface area contributed by atoms with Crippen molar-refractivity contribution in [2.45, 2.75) is 4.90 Å². The molecule has 0 aliphatic carbocycles. The van der Waals surface area contributed by atoms with Crippen molar-refractivity contribution < 1.29 is 5.11 Å². The quantitative estimate of drug-likeness (QED) is 0.430. The van der Waals surface area contributed by atoms with Crippen LogP contribution < -0.4 is 0 Å². The van der Waals surface area contributed by atoms with Crippen molar-refractivity contribution in [3.05, 3.63) is 57.0 Å². The Morgan fingerprint density at radius 3 is 2.48 bits per heavy atom. The molecule has 0 radical (unpaired) electrons. The number of benzene rings is 2. The fourth-order valence-electron chi connectivity index (χ4n) is 1.59. The second kappa shape index (κ2) is 7.95. The molecule has 0 aliphatic rings. The van der Waals surface area contributed by atoms with Crippen LogP contribution in [0.15, 0.2) is 46.3 Å². The van der Waals surface area contributed by atoms with Crippen molar-refractivity contribution in [3.8, 4) is 5.75 Å². The van der Waals surface area contributed by atoms with Crippen molar-refractivity contribution in [1.29, 1.82) is 0 Å². The minimum atomic E-state index is -0.00447. The molecule has 6 heteroatoms. The van der Waals surface area contributed by atoms with Crippen molar-refractivity contribution in [3.63, 3.8) is 0 Å². The second-order valence-electron chi connectivity index (χ2n) is 4.16. The number of aromatic hydroxyl groups is 1. The predicted molar refractivity (Wildman–Crippen MR) is 92.8 cm³/mol. The van der Waals surface area contributed by atoms with Gasteiger partial charge in [-0.25, -0.2) is 0 Å². The molecule has 0 aromatic heterocycles. The van der Waals surface area contributed by atoms with E-state index in [1.807, 2.05) is 24.3 Å². The molecule has 0 heterocycles. The lowest BCUT2D eigenvalue weighted by Gasteiger charge is -2.02. The highest BCUT2D eigenvalue weighted by molar-refractivity contribution is 7.99. The molecule has 2 aromatic rings. The predicted octanol–water partition coefficient (Wildman–Crippen LogP) is 5.56.